The van der Waals surface area contributed by atoms with E-state index in [9.17, 15) is 18.0 Å². The summed E-state index contributed by atoms with van der Waals surface area (Å²) >= 11 is 0. The Bertz CT molecular complexity index is 1100. The van der Waals surface area contributed by atoms with E-state index in [2.05, 4.69) is 25.5 Å². The predicted octanol–water partition coefficient (Wildman–Crippen LogP) is 4.20. The Morgan fingerprint density at radius 2 is 1.79 bits per heavy atom. The molecule has 0 unspecified atom stereocenters. The fourth-order valence-electron chi connectivity index (χ4n) is 3.39. The number of nitrogens with one attached hydrogen (secondary N) is 2. The molecule has 7 nitrogen and oxygen atoms in total. The summed E-state index contributed by atoms with van der Waals surface area (Å²) in [7, 11) is 0. The van der Waals surface area contributed by atoms with Crippen LogP contribution in [0, 0.1) is 0 Å². The van der Waals surface area contributed by atoms with Crippen LogP contribution in [0.25, 0.3) is 0 Å². The molecule has 1 aliphatic rings. The fourth-order valence-corrected chi connectivity index (χ4v) is 3.39. The zero-order valence-electron chi connectivity index (χ0n) is 17.6. The van der Waals surface area contributed by atoms with E-state index in [1.54, 1.807) is 24.5 Å². The first-order chi connectivity index (χ1) is 15.9. The minimum atomic E-state index is -4.43. The highest BCUT2D eigenvalue weighted by molar-refractivity contribution is 6.07. The first-order valence-electron chi connectivity index (χ1n) is 10.4. The van der Waals surface area contributed by atoms with Crippen LogP contribution in [0.5, 0.6) is 0 Å². The molecule has 10 heteroatoms. The molecule has 172 valence electrons. The number of carbonyl (C=O) groups is 1. The number of halogens is 3. The van der Waals surface area contributed by atoms with Crippen LogP contribution < -0.4 is 15.5 Å². The molecule has 1 saturated heterocycles. The number of morpholine rings is 1. The molecule has 0 radical (unpaired) electrons. The van der Waals surface area contributed by atoms with Gasteiger partial charge in [-0.1, -0.05) is 0 Å². The number of aromatic nitrogens is 2. The van der Waals surface area contributed by atoms with Crippen LogP contribution in [0.3, 0.4) is 0 Å². The topological polar surface area (TPSA) is 79.4 Å². The third-order valence-electron chi connectivity index (χ3n) is 5.13. The molecule has 0 spiro atoms. The number of amides is 1. The summed E-state index contributed by atoms with van der Waals surface area (Å²) in [6.07, 6.45) is -1.14. The van der Waals surface area contributed by atoms with Gasteiger partial charge in [-0.25, -0.2) is 9.97 Å². The van der Waals surface area contributed by atoms with E-state index >= 15 is 0 Å². The lowest BCUT2D eigenvalue weighted by atomic mass is 10.2. The van der Waals surface area contributed by atoms with E-state index in [-0.39, 0.29) is 11.3 Å². The predicted molar refractivity (Wildman–Crippen MR) is 118 cm³/mol. The van der Waals surface area contributed by atoms with Gasteiger partial charge in [0.2, 0.25) is 0 Å². The van der Waals surface area contributed by atoms with Crippen molar-refractivity contribution in [1.82, 2.24) is 9.97 Å². The van der Waals surface area contributed by atoms with Crippen molar-refractivity contribution in [1.29, 1.82) is 0 Å². The van der Waals surface area contributed by atoms with Crippen molar-refractivity contribution >= 4 is 23.2 Å². The van der Waals surface area contributed by atoms with Crippen molar-refractivity contribution < 1.29 is 22.7 Å². The lowest BCUT2D eigenvalue weighted by Gasteiger charge is -2.28. The van der Waals surface area contributed by atoms with Crippen LogP contribution in [-0.4, -0.2) is 42.2 Å². The highest BCUT2D eigenvalue weighted by atomic mass is 19.4. The summed E-state index contributed by atoms with van der Waals surface area (Å²) in [5.41, 5.74) is 0.719. The molecular formula is C23H22F3N5O2. The summed E-state index contributed by atoms with van der Waals surface area (Å²) in [4.78, 5) is 23.6. The van der Waals surface area contributed by atoms with Crippen molar-refractivity contribution in [2.24, 2.45) is 0 Å². The summed E-state index contributed by atoms with van der Waals surface area (Å²) in [6, 6.07) is 11.4. The Morgan fingerprint density at radius 3 is 2.52 bits per heavy atom. The van der Waals surface area contributed by atoms with E-state index in [1.807, 2.05) is 12.1 Å². The van der Waals surface area contributed by atoms with Crippen LogP contribution in [0.2, 0.25) is 0 Å². The molecule has 2 N–H and O–H groups in total. The Labute approximate surface area is 188 Å². The first kappa shape index (κ1) is 22.5. The summed E-state index contributed by atoms with van der Waals surface area (Å²) in [5.74, 6) is 0.750. The van der Waals surface area contributed by atoms with E-state index in [1.165, 1.54) is 12.1 Å². The summed E-state index contributed by atoms with van der Waals surface area (Å²) in [6.45, 7) is 3.29. The summed E-state index contributed by atoms with van der Waals surface area (Å²) < 4.78 is 43.6. The third-order valence-corrected chi connectivity index (χ3v) is 5.13. The number of pyridine rings is 2. The normalized spacial score (nSPS) is 14.1. The van der Waals surface area contributed by atoms with E-state index in [0.29, 0.717) is 25.6 Å². The SMILES string of the molecule is O=C(Nc1ccc(C(F)(F)F)cc1)c1cccnc1NCc1ccnc(N2CCOCC2)c1. The van der Waals surface area contributed by atoms with Gasteiger partial charge in [-0.05, 0) is 54.1 Å². The van der Waals surface area contributed by atoms with Crippen molar-refractivity contribution in [3.8, 4) is 0 Å². The number of ether oxygens (including phenoxy) is 1. The number of rotatable bonds is 6. The van der Waals surface area contributed by atoms with Crippen LogP contribution in [-0.2, 0) is 17.5 Å². The largest absolute Gasteiger partial charge is 0.416 e. The molecule has 3 heterocycles. The molecule has 0 saturated carbocycles. The zero-order chi connectivity index (χ0) is 23.3. The number of hydrogen-bond donors (Lipinski definition) is 2. The number of anilines is 3. The Hall–Kier alpha value is -3.66. The number of carbonyl (C=O) groups excluding carboxylic acids is 1. The van der Waals surface area contributed by atoms with Crippen molar-refractivity contribution in [3.63, 3.8) is 0 Å². The van der Waals surface area contributed by atoms with Crippen molar-refractivity contribution in [2.75, 3.05) is 41.8 Å². The Morgan fingerprint density at radius 1 is 1.03 bits per heavy atom. The standard InChI is InChI=1S/C23H22F3N5O2/c24-23(25,26)17-3-5-18(6-4-17)30-22(32)19-2-1-8-28-21(19)29-15-16-7-9-27-20(14-16)31-10-12-33-13-11-31/h1-9,14H,10-13,15H2,(H,28,29)(H,30,32). The second kappa shape index (κ2) is 9.86. The van der Waals surface area contributed by atoms with Gasteiger partial charge in [-0.3, -0.25) is 4.79 Å². The van der Waals surface area contributed by atoms with Gasteiger partial charge >= 0.3 is 6.18 Å². The van der Waals surface area contributed by atoms with Gasteiger partial charge in [0.05, 0.1) is 24.3 Å². The maximum atomic E-state index is 12.7. The lowest BCUT2D eigenvalue weighted by Crippen LogP contribution is -2.36. The minimum Gasteiger partial charge on any atom is -0.378 e. The van der Waals surface area contributed by atoms with Crippen molar-refractivity contribution in [3.05, 3.63) is 77.6 Å². The van der Waals surface area contributed by atoms with Gasteiger partial charge in [0.25, 0.3) is 5.91 Å². The first-order valence-corrected chi connectivity index (χ1v) is 10.4. The quantitative estimate of drug-likeness (QED) is 0.578. The monoisotopic (exact) mass is 457 g/mol. The smallest absolute Gasteiger partial charge is 0.378 e. The average molecular weight is 457 g/mol. The van der Waals surface area contributed by atoms with Gasteiger partial charge in [0, 0.05) is 37.7 Å². The van der Waals surface area contributed by atoms with Gasteiger partial charge in [-0.15, -0.1) is 0 Å². The number of benzene rings is 1. The second-order valence-corrected chi connectivity index (χ2v) is 7.40. The number of alkyl halides is 3. The zero-order valence-corrected chi connectivity index (χ0v) is 17.6. The minimum absolute atomic E-state index is 0.257. The Balaban J connectivity index is 1.43. The van der Waals surface area contributed by atoms with Crippen LogP contribution in [0.15, 0.2) is 60.9 Å². The lowest BCUT2D eigenvalue weighted by molar-refractivity contribution is -0.137. The second-order valence-electron chi connectivity index (χ2n) is 7.40. The molecule has 0 aliphatic carbocycles. The van der Waals surface area contributed by atoms with Gasteiger partial charge in [0.15, 0.2) is 0 Å². The maximum Gasteiger partial charge on any atom is 0.416 e. The molecule has 0 atom stereocenters. The molecule has 1 aliphatic heterocycles. The molecule has 4 rings (SSSR count). The number of nitrogens with zero attached hydrogens (tertiary/aromatic N) is 3. The van der Waals surface area contributed by atoms with E-state index in [0.717, 1.165) is 36.6 Å². The molecule has 0 bridgehead atoms. The van der Waals surface area contributed by atoms with E-state index in [4.69, 9.17) is 4.74 Å². The van der Waals surface area contributed by atoms with Gasteiger partial charge in [-0.2, -0.15) is 13.2 Å². The highest BCUT2D eigenvalue weighted by Gasteiger charge is 2.30. The summed E-state index contributed by atoms with van der Waals surface area (Å²) in [5, 5.41) is 5.78. The van der Waals surface area contributed by atoms with Gasteiger partial charge in [0.1, 0.15) is 11.6 Å². The molecule has 1 fully saturated rings. The maximum absolute atomic E-state index is 12.7. The fraction of sp³-hybridized carbons (Fsp3) is 0.261. The molecular weight excluding hydrogens is 435 g/mol. The third kappa shape index (κ3) is 5.78. The van der Waals surface area contributed by atoms with Crippen molar-refractivity contribution in [2.45, 2.75) is 12.7 Å². The Kier molecular flexibility index (Phi) is 6.74. The van der Waals surface area contributed by atoms with Crippen LogP contribution in [0.4, 0.5) is 30.5 Å². The number of hydrogen-bond acceptors (Lipinski definition) is 6. The molecule has 3 aromatic rings. The molecule has 1 amide bonds. The average Bonchev–Trinajstić information content (AvgIpc) is 2.83. The highest BCUT2D eigenvalue weighted by Crippen LogP contribution is 2.30. The molecule has 1 aromatic carbocycles. The van der Waals surface area contributed by atoms with Crippen LogP contribution >= 0.6 is 0 Å². The van der Waals surface area contributed by atoms with Gasteiger partial charge < -0.3 is 20.3 Å². The molecule has 2 aromatic heterocycles. The van der Waals surface area contributed by atoms with E-state index < -0.39 is 17.6 Å². The molecule has 33 heavy (non-hydrogen) atoms. The van der Waals surface area contributed by atoms with Crippen LogP contribution in [0.1, 0.15) is 21.5 Å².